The van der Waals surface area contributed by atoms with Gasteiger partial charge in [-0.05, 0) is 32.3 Å². The molecule has 0 radical (unpaired) electrons. The van der Waals surface area contributed by atoms with Crippen LogP contribution in [0.15, 0.2) is 18.5 Å². The molecule has 2 heteroatoms. The van der Waals surface area contributed by atoms with Crippen molar-refractivity contribution in [3.8, 4) is 0 Å². The summed E-state index contributed by atoms with van der Waals surface area (Å²) in [6.07, 6.45) is 29.5. The van der Waals surface area contributed by atoms with Crippen LogP contribution < -0.4 is 4.57 Å². The summed E-state index contributed by atoms with van der Waals surface area (Å²) in [6.45, 7) is 7.89. The molecule has 0 N–H and O–H groups in total. The van der Waals surface area contributed by atoms with E-state index in [0.29, 0.717) is 0 Å². The summed E-state index contributed by atoms with van der Waals surface area (Å²) in [4.78, 5) is 0. The lowest BCUT2D eigenvalue weighted by molar-refractivity contribution is -0.700. The van der Waals surface area contributed by atoms with E-state index < -0.39 is 0 Å². The van der Waals surface area contributed by atoms with Gasteiger partial charge in [-0.15, -0.1) is 0 Å². The molecule has 2 nitrogen and oxygen atoms in total. The highest BCUT2D eigenvalue weighted by Crippen LogP contribution is 2.11. The summed E-state index contributed by atoms with van der Waals surface area (Å²) >= 11 is 0. The van der Waals surface area contributed by atoms with Crippen molar-refractivity contribution in [3.05, 3.63) is 24.3 Å². The second-order valence-electron chi connectivity index (χ2n) is 7.72. The molecule has 0 aromatic carbocycles. The van der Waals surface area contributed by atoms with Gasteiger partial charge in [-0.25, -0.2) is 9.13 Å². The van der Waals surface area contributed by atoms with E-state index in [4.69, 9.17) is 0 Å². The third-order valence-corrected chi connectivity index (χ3v) is 5.37. The Morgan fingerprint density at radius 2 is 1.35 bits per heavy atom. The van der Waals surface area contributed by atoms with Gasteiger partial charge >= 0.3 is 0 Å². The first kappa shape index (κ1) is 23.0. The Labute approximate surface area is 163 Å². The highest BCUT2D eigenvalue weighted by Gasteiger charge is 2.13. The average molecular weight is 362 g/mol. The van der Waals surface area contributed by atoms with E-state index >= 15 is 0 Å². The summed E-state index contributed by atoms with van der Waals surface area (Å²) in [7, 11) is 0. The molecule has 0 atom stereocenters. The summed E-state index contributed by atoms with van der Waals surface area (Å²) in [5.41, 5.74) is 0. The number of imidazole rings is 1. The number of aryl methyl sites for hydroxylation is 1. The predicted molar refractivity (Wildman–Crippen MR) is 115 cm³/mol. The van der Waals surface area contributed by atoms with Gasteiger partial charge in [-0.1, -0.05) is 84.5 Å². The quantitative estimate of drug-likeness (QED) is 0.203. The summed E-state index contributed by atoms with van der Waals surface area (Å²) in [5.74, 6) is 1.47. The molecule has 0 bridgehead atoms. The molecule has 1 rings (SSSR count). The Hall–Kier alpha value is -1.05. The fourth-order valence-electron chi connectivity index (χ4n) is 3.64. The van der Waals surface area contributed by atoms with Gasteiger partial charge < -0.3 is 0 Å². The minimum Gasteiger partial charge on any atom is -0.234 e. The summed E-state index contributed by atoms with van der Waals surface area (Å²) in [5, 5.41) is 0. The number of nitrogens with zero attached hydrogens (tertiary/aromatic N) is 2. The zero-order valence-electron chi connectivity index (χ0n) is 18.0. The van der Waals surface area contributed by atoms with Gasteiger partial charge in [0, 0.05) is 6.42 Å². The van der Waals surface area contributed by atoms with Gasteiger partial charge in [0.05, 0.1) is 12.7 Å². The van der Waals surface area contributed by atoms with Gasteiger partial charge in [0.25, 0.3) is 5.82 Å². The first-order chi connectivity index (χ1) is 12.8. The Morgan fingerprint density at radius 1 is 0.769 bits per heavy atom. The third-order valence-electron chi connectivity index (χ3n) is 5.37. The molecule has 150 valence electrons. The lowest BCUT2D eigenvalue weighted by Crippen LogP contribution is -2.35. The average Bonchev–Trinajstić information content (AvgIpc) is 3.05. The Kier molecular flexibility index (Phi) is 14.3. The Balaban J connectivity index is 2.28. The van der Waals surface area contributed by atoms with Crippen LogP contribution in [0.3, 0.4) is 0 Å². The van der Waals surface area contributed by atoms with Gasteiger partial charge in [-0.3, -0.25) is 0 Å². The standard InChI is InChI=1S/C24H45N2/c1-4-7-9-11-13-14-15-17-19-21-26-23-22-25(6-3)24(26)20-18-16-12-10-8-5-2/h19,21-23H,4-18,20H2,1-3H3/q+1/b21-19+. The molecule has 0 fully saturated rings. The molecular formula is C24H45N2+. The van der Waals surface area contributed by atoms with Crippen LogP contribution in [0.4, 0.5) is 0 Å². The molecule has 0 spiro atoms. The molecule has 0 amide bonds. The van der Waals surface area contributed by atoms with E-state index in [1.165, 1.54) is 102 Å². The zero-order chi connectivity index (χ0) is 18.9. The van der Waals surface area contributed by atoms with Crippen molar-refractivity contribution in [1.29, 1.82) is 0 Å². The van der Waals surface area contributed by atoms with Crippen LogP contribution in [0, 0.1) is 0 Å². The maximum atomic E-state index is 2.41. The van der Waals surface area contributed by atoms with Gasteiger partial charge in [0.2, 0.25) is 0 Å². The summed E-state index contributed by atoms with van der Waals surface area (Å²) in [6, 6.07) is 0. The molecule has 0 aliphatic heterocycles. The van der Waals surface area contributed by atoms with Crippen molar-refractivity contribution in [2.45, 2.75) is 124 Å². The number of hydrogen-bond acceptors (Lipinski definition) is 0. The Bertz CT molecular complexity index is 459. The van der Waals surface area contributed by atoms with E-state index in [2.05, 4.69) is 54.6 Å². The first-order valence-electron chi connectivity index (χ1n) is 11.6. The maximum absolute atomic E-state index is 2.41. The van der Waals surface area contributed by atoms with Crippen molar-refractivity contribution in [3.63, 3.8) is 0 Å². The maximum Gasteiger partial charge on any atom is 0.261 e. The number of allylic oxidation sites excluding steroid dienone is 1. The van der Waals surface area contributed by atoms with Crippen molar-refractivity contribution in [1.82, 2.24) is 4.57 Å². The van der Waals surface area contributed by atoms with E-state index in [1.54, 1.807) is 0 Å². The molecule has 1 heterocycles. The van der Waals surface area contributed by atoms with Gasteiger partial charge in [-0.2, -0.15) is 0 Å². The monoisotopic (exact) mass is 361 g/mol. The molecule has 1 aromatic heterocycles. The largest absolute Gasteiger partial charge is 0.261 e. The Morgan fingerprint density at radius 3 is 1.96 bits per heavy atom. The minimum atomic E-state index is 1.07. The summed E-state index contributed by atoms with van der Waals surface area (Å²) < 4.78 is 4.76. The highest BCUT2D eigenvalue weighted by atomic mass is 15.1. The van der Waals surface area contributed by atoms with Crippen LogP contribution >= 0.6 is 0 Å². The lowest BCUT2D eigenvalue weighted by atomic mass is 10.1. The van der Waals surface area contributed by atoms with Gasteiger partial charge in [0.1, 0.15) is 12.4 Å². The fraction of sp³-hybridized carbons (Fsp3) is 0.792. The predicted octanol–water partition coefficient (Wildman–Crippen LogP) is 7.31. The van der Waals surface area contributed by atoms with Crippen LogP contribution in [0.1, 0.15) is 116 Å². The molecule has 0 saturated carbocycles. The van der Waals surface area contributed by atoms with E-state index in [1.807, 2.05) is 0 Å². The van der Waals surface area contributed by atoms with E-state index in [-0.39, 0.29) is 0 Å². The van der Waals surface area contributed by atoms with Gasteiger partial charge in [0.15, 0.2) is 0 Å². The van der Waals surface area contributed by atoms with Crippen LogP contribution in [-0.2, 0) is 13.0 Å². The molecule has 1 aromatic rings. The number of rotatable bonds is 17. The number of aromatic nitrogens is 2. The van der Waals surface area contributed by atoms with E-state index in [0.717, 1.165) is 6.54 Å². The molecule has 0 aliphatic rings. The zero-order valence-corrected chi connectivity index (χ0v) is 18.0. The topological polar surface area (TPSA) is 8.81 Å². The molecule has 0 unspecified atom stereocenters. The smallest absolute Gasteiger partial charge is 0.234 e. The van der Waals surface area contributed by atoms with E-state index in [9.17, 15) is 0 Å². The van der Waals surface area contributed by atoms with Crippen molar-refractivity contribution >= 4 is 6.20 Å². The minimum absolute atomic E-state index is 1.07. The molecule has 0 saturated heterocycles. The molecule has 26 heavy (non-hydrogen) atoms. The highest BCUT2D eigenvalue weighted by molar-refractivity contribution is 5.22. The molecule has 0 aliphatic carbocycles. The lowest BCUT2D eigenvalue weighted by Gasteiger charge is -2.02. The van der Waals surface area contributed by atoms with Crippen LogP contribution in [0.2, 0.25) is 0 Å². The van der Waals surface area contributed by atoms with Crippen molar-refractivity contribution in [2.75, 3.05) is 0 Å². The van der Waals surface area contributed by atoms with Crippen LogP contribution in [0.5, 0.6) is 0 Å². The third kappa shape index (κ3) is 10.2. The SMILES string of the molecule is CCCCCCCCC/C=C/n1cc[n+](CC)c1CCCCCCCC. The van der Waals surface area contributed by atoms with Crippen molar-refractivity contribution in [2.24, 2.45) is 0 Å². The number of hydrogen-bond donors (Lipinski definition) is 0. The number of unbranched alkanes of at least 4 members (excludes halogenated alkanes) is 12. The molecular weight excluding hydrogens is 316 g/mol. The normalized spacial score (nSPS) is 11.7. The first-order valence-corrected chi connectivity index (χ1v) is 11.6. The van der Waals surface area contributed by atoms with Crippen molar-refractivity contribution < 1.29 is 4.57 Å². The second-order valence-corrected chi connectivity index (χ2v) is 7.72. The van der Waals surface area contributed by atoms with Crippen LogP contribution in [0.25, 0.3) is 6.20 Å². The second kappa shape index (κ2) is 16.1. The fourth-order valence-corrected chi connectivity index (χ4v) is 3.64. The van der Waals surface area contributed by atoms with Crippen LogP contribution in [-0.4, -0.2) is 4.57 Å².